The lowest BCUT2D eigenvalue weighted by Crippen LogP contribution is -2.41. The van der Waals surface area contributed by atoms with E-state index < -0.39 is 0 Å². The first-order chi connectivity index (χ1) is 8.96. The van der Waals surface area contributed by atoms with Gasteiger partial charge in [0.25, 0.3) is 5.91 Å². The van der Waals surface area contributed by atoms with Crippen LogP contribution in [0.1, 0.15) is 31.3 Å². The zero-order chi connectivity index (χ0) is 13.9. The van der Waals surface area contributed by atoms with Gasteiger partial charge in [-0.25, -0.2) is 4.98 Å². The minimum absolute atomic E-state index is 0.138. The van der Waals surface area contributed by atoms with Crippen LogP contribution in [0.3, 0.4) is 0 Å². The van der Waals surface area contributed by atoms with Crippen molar-refractivity contribution in [2.24, 2.45) is 0 Å². The van der Waals surface area contributed by atoms with Crippen LogP contribution in [0.15, 0.2) is 18.3 Å². The van der Waals surface area contributed by atoms with Crippen LogP contribution in [0.25, 0.3) is 0 Å². The van der Waals surface area contributed by atoms with E-state index in [4.69, 9.17) is 4.74 Å². The van der Waals surface area contributed by atoms with Gasteiger partial charge in [-0.15, -0.1) is 0 Å². The monoisotopic (exact) mass is 263 g/mol. The Bertz CT molecular complexity index is 431. The summed E-state index contributed by atoms with van der Waals surface area (Å²) in [5, 5.41) is 2.90. The maximum absolute atomic E-state index is 11.9. The fourth-order valence-corrected chi connectivity index (χ4v) is 1.93. The van der Waals surface area contributed by atoms with Gasteiger partial charge in [0, 0.05) is 18.6 Å². The number of morpholine rings is 1. The highest BCUT2D eigenvalue weighted by Gasteiger charge is 2.17. The zero-order valence-electron chi connectivity index (χ0n) is 11.8. The number of aromatic nitrogens is 1. The summed E-state index contributed by atoms with van der Waals surface area (Å²) in [5.74, 6) is -0.138. The lowest BCUT2D eigenvalue weighted by molar-refractivity contribution is 0.0914. The molecule has 0 unspecified atom stereocenters. The first kappa shape index (κ1) is 13.8. The summed E-state index contributed by atoms with van der Waals surface area (Å²) in [5.41, 5.74) is 1.24. The number of nitrogens with zero attached hydrogens (tertiary/aromatic N) is 2. The summed E-state index contributed by atoms with van der Waals surface area (Å²) in [6.07, 6.45) is 1.75. The van der Waals surface area contributed by atoms with E-state index in [1.807, 2.05) is 26.8 Å². The third-order valence-electron chi connectivity index (χ3n) is 2.85. The molecule has 0 atom stereocenters. The Morgan fingerprint density at radius 1 is 1.32 bits per heavy atom. The molecule has 0 bridgehead atoms. The molecule has 1 aliphatic heterocycles. The highest BCUT2D eigenvalue weighted by atomic mass is 16.5. The zero-order valence-corrected chi connectivity index (χ0v) is 11.8. The van der Waals surface area contributed by atoms with Crippen LogP contribution in [0.2, 0.25) is 0 Å². The predicted molar refractivity (Wildman–Crippen MR) is 74.5 cm³/mol. The Kier molecular flexibility index (Phi) is 4.04. The number of carbonyl (C=O) groups is 1. The van der Waals surface area contributed by atoms with Crippen LogP contribution in [0, 0.1) is 0 Å². The highest BCUT2D eigenvalue weighted by Crippen LogP contribution is 2.15. The van der Waals surface area contributed by atoms with Crippen molar-refractivity contribution in [3.8, 4) is 0 Å². The van der Waals surface area contributed by atoms with E-state index in [2.05, 4.69) is 15.2 Å². The van der Waals surface area contributed by atoms with Gasteiger partial charge in [-0.1, -0.05) is 0 Å². The minimum Gasteiger partial charge on any atom is -0.378 e. The van der Waals surface area contributed by atoms with Crippen molar-refractivity contribution in [3.63, 3.8) is 0 Å². The third kappa shape index (κ3) is 3.92. The van der Waals surface area contributed by atoms with Gasteiger partial charge in [-0.2, -0.15) is 0 Å². The molecule has 1 aromatic rings. The number of hydrogen-bond acceptors (Lipinski definition) is 4. The molecule has 104 valence electrons. The highest BCUT2D eigenvalue weighted by molar-refractivity contribution is 5.92. The van der Waals surface area contributed by atoms with E-state index >= 15 is 0 Å². The van der Waals surface area contributed by atoms with E-state index in [-0.39, 0.29) is 11.4 Å². The van der Waals surface area contributed by atoms with Crippen molar-refractivity contribution >= 4 is 11.6 Å². The van der Waals surface area contributed by atoms with Crippen LogP contribution in [-0.4, -0.2) is 42.7 Å². The van der Waals surface area contributed by atoms with Crippen LogP contribution in [0.5, 0.6) is 0 Å². The number of rotatable bonds is 2. The number of amides is 1. The molecule has 1 aliphatic rings. The first-order valence-corrected chi connectivity index (χ1v) is 6.57. The quantitative estimate of drug-likeness (QED) is 0.877. The predicted octanol–water partition coefficient (Wildman–Crippen LogP) is 1.45. The van der Waals surface area contributed by atoms with Gasteiger partial charge < -0.3 is 15.0 Å². The van der Waals surface area contributed by atoms with Crippen molar-refractivity contribution < 1.29 is 9.53 Å². The number of anilines is 1. The standard InChI is InChI=1S/C14H21N3O2/c1-14(2,3)16-13(18)12-5-4-11(10-15-12)17-6-8-19-9-7-17/h4-5,10H,6-9H2,1-3H3,(H,16,18). The van der Waals surface area contributed by atoms with Crippen LogP contribution >= 0.6 is 0 Å². The van der Waals surface area contributed by atoms with Gasteiger partial charge >= 0.3 is 0 Å². The average molecular weight is 263 g/mol. The van der Waals surface area contributed by atoms with Crippen molar-refractivity contribution in [3.05, 3.63) is 24.0 Å². The summed E-state index contributed by atoms with van der Waals surface area (Å²) >= 11 is 0. The maximum atomic E-state index is 11.9. The number of carbonyl (C=O) groups excluding carboxylic acids is 1. The molecule has 1 amide bonds. The van der Waals surface area contributed by atoms with E-state index in [1.54, 1.807) is 12.3 Å². The Morgan fingerprint density at radius 3 is 2.53 bits per heavy atom. The summed E-state index contributed by atoms with van der Waals surface area (Å²) in [6, 6.07) is 3.71. The molecule has 5 nitrogen and oxygen atoms in total. The number of nitrogens with one attached hydrogen (secondary N) is 1. The maximum Gasteiger partial charge on any atom is 0.270 e. The van der Waals surface area contributed by atoms with E-state index in [1.165, 1.54) is 0 Å². The Hall–Kier alpha value is -1.62. The SMILES string of the molecule is CC(C)(C)NC(=O)c1ccc(N2CCOCC2)cn1. The Morgan fingerprint density at radius 2 is 2.00 bits per heavy atom. The molecule has 0 aromatic carbocycles. The second kappa shape index (κ2) is 5.57. The summed E-state index contributed by atoms with van der Waals surface area (Å²) in [4.78, 5) is 18.4. The molecule has 1 N–H and O–H groups in total. The molecule has 0 radical (unpaired) electrons. The molecule has 2 rings (SSSR count). The molecule has 1 fully saturated rings. The van der Waals surface area contributed by atoms with Crippen LogP contribution < -0.4 is 10.2 Å². The largest absolute Gasteiger partial charge is 0.378 e. The number of ether oxygens (including phenoxy) is 1. The average Bonchev–Trinajstić information content (AvgIpc) is 2.38. The van der Waals surface area contributed by atoms with Crippen molar-refractivity contribution in [1.29, 1.82) is 0 Å². The second-order valence-electron chi connectivity index (χ2n) is 5.71. The molecule has 2 heterocycles. The van der Waals surface area contributed by atoms with Gasteiger partial charge in [0.2, 0.25) is 0 Å². The molecule has 19 heavy (non-hydrogen) atoms. The van der Waals surface area contributed by atoms with Crippen molar-refractivity contribution in [2.45, 2.75) is 26.3 Å². The van der Waals surface area contributed by atoms with Gasteiger partial charge in [0.1, 0.15) is 5.69 Å². The molecule has 0 saturated carbocycles. The normalized spacial score (nSPS) is 16.3. The van der Waals surface area contributed by atoms with Gasteiger partial charge in [0.05, 0.1) is 25.1 Å². The second-order valence-corrected chi connectivity index (χ2v) is 5.71. The fraction of sp³-hybridized carbons (Fsp3) is 0.571. The first-order valence-electron chi connectivity index (χ1n) is 6.57. The van der Waals surface area contributed by atoms with Crippen LogP contribution in [0.4, 0.5) is 5.69 Å². The van der Waals surface area contributed by atoms with E-state index in [0.717, 1.165) is 32.0 Å². The smallest absolute Gasteiger partial charge is 0.270 e. The summed E-state index contributed by atoms with van der Waals surface area (Å²) in [7, 11) is 0. The van der Waals surface area contributed by atoms with Crippen molar-refractivity contribution in [1.82, 2.24) is 10.3 Å². The Labute approximate surface area is 114 Å². The molecule has 0 aliphatic carbocycles. The van der Waals surface area contributed by atoms with Gasteiger partial charge in [-0.3, -0.25) is 4.79 Å². The van der Waals surface area contributed by atoms with Crippen LogP contribution in [-0.2, 0) is 4.74 Å². The van der Waals surface area contributed by atoms with Crippen molar-refractivity contribution in [2.75, 3.05) is 31.2 Å². The molecule has 1 saturated heterocycles. The van der Waals surface area contributed by atoms with Gasteiger partial charge in [-0.05, 0) is 32.9 Å². The molecule has 1 aromatic heterocycles. The fourth-order valence-electron chi connectivity index (χ4n) is 1.93. The Balaban J connectivity index is 2.03. The summed E-state index contributed by atoms with van der Waals surface area (Å²) in [6.45, 7) is 9.08. The summed E-state index contributed by atoms with van der Waals surface area (Å²) < 4.78 is 5.31. The van der Waals surface area contributed by atoms with E-state index in [9.17, 15) is 4.79 Å². The third-order valence-corrected chi connectivity index (χ3v) is 2.85. The number of pyridine rings is 1. The minimum atomic E-state index is -0.248. The number of hydrogen-bond donors (Lipinski definition) is 1. The molecule has 0 spiro atoms. The lowest BCUT2D eigenvalue weighted by atomic mass is 10.1. The molecular weight excluding hydrogens is 242 g/mol. The van der Waals surface area contributed by atoms with E-state index in [0.29, 0.717) is 5.69 Å². The molecular formula is C14H21N3O2. The van der Waals surface area contributed by atoms with Gasteiger partial charge in [0.15, 0.2) is 0 Å². The molecule has 5 heteroatoms. The lowest BCUT2D eigenvalue weighted by Gasteiger charge is -2.28. The topological polar surface area (TPSA) is 54.5 Å².